The third-order valence-corrected chi connectivity index (χ3v) is 6.58. The fraction of sp³-hybridized carbons (Fsp3) is 0.500. The van der Waals surface area contributed by atoms with Gasteiger partial charge < -0.3 is 9.88 Å². The van der Waals surface area contributed by atoms with Crippen LogP contribution in [0.15, 0.2) is 24.5 Å². The molecule has 0 spiro atoms. The van der Waals surface area contributed by atoms with E-state index in [1.807, 2.05) is 30.1 Å². The van der Waals surface area contributed by atoms with Gasteiger partial charge in [0, 0.05) is 24.5 Å². The van der Waals surface area contributed by atoms with Crippen LogP contribution < -0.4 is 5.32 Å². The van der Waals surface area contributed by atoms with Crippen LogP contribution in [0.5, 0.6) is 0 Å². The fourth-order valence-electron chi connectivity index (χ4n) is 3.74. The SMILES string of the molecule is CCn1nc(C(C)CCC(C)n2cnc3cc(Cl)c(Cl)cc32)cc1C(=O)NC1CC1. The topological polar surface area (TPSA) is 64.7 Å². The molecule has 30 heavy (non-hydrogen) atoms. The summed E-state index contributed by atoms with van der Waals surface area (Å²) in [5, 5.41) is 8.81. The number of hydrogen-bond donors (Lipinski definition) is 1. The first-order chi connectivity index (χ1) is 14.4. The molecule has 8 heteroatoms. The molecule has 3 aromatic rings. The average molecular weight is 448 g/mol. The Labute approximate surface area is 186 Å². The van der Waals surface area contributed by atoms with Crippen molar-refractivity contribution in [3.8, 4) is 0 Å². The zero-order valence-electron chi connectivity index (χ0n) is 17.5. The predicted octanol–water partition coefficient (Wildman–Crippen LogP) is 5.60. The molecule has 1 aliphatic rings. The summed E-state index contributed by atoms with van der Waals surface area (Å²) in [6.45, 7) is 7.04. The van der Waals surface area contributed by atoms with Crippen molar-refractivity contribution in [2.45, 2.75) is 71.0 Å². The monoisotopic (exact) mass is 447 g/mol. The first kappa shape index (κ1) is 21.2. The summed E-state index contributed by atoms with van der Waals surface area (Å²) in [5.74, 6) is 0.236. The van der Waals surface area contributed by atoms with Gasteiger partial charge in [0.05, 0.1) is 33.1 Å². The Morgan fingerprint density at radius 1 is 1.20 bits per heavy atom. The second-order valence-corrected chi connectivity index (χ2v) is 9.07. The van der Waals surface area contributed by atoms with Gasteiger partial charge in [0.2, 0.25) is 0 Å². The first-order valence-electron chi connectivity index (χ1n) is 10.6. The van der Waals surface area contributed by atoms with Crippen molar-refractivity contribution in [3.05, 3.63) is 46.0 Å². The molecule has 6 nitrogen and oxygen atoms in total. The minimum atomic E-state index is -0.0147. The van der Waals surface area contributed by atoms with E-state index in [-0.39, 0.29) is 17.9 Å². The van der Waals surface area contributed by atoms with E-state index in [4.69, 9.17) is 28.3 Å². The van der Waals surface area contributed by atoms with Gasteiger partial charge in [-0.05, 0) is 57.7 Å². The van der Waals surface area contributed by atoms with E-state index in [0.29, 0.717) is 28.3 Å². The van der Waals surface area contributed by atoms with E-state index >= 15 is 0 Å². The van der Waals surface area contributed by atoms with Gasteiger partial charge in [0.1, 0.15) is 5.69 Å². The molecule has 2 heterocycles. The molecule has 2 atom stereocenters. The van der Waals surface area contributed by atoms with Gasteiger partial charge in [-0.3, -0.25) is 9.48 Å². The van der Waals surface area contributed by atoms with Gasteiger partial charge in [0.15, 0.2) is 0 Å². The molecule has 0 saturated heterocycles. The molecule has 0 radical (unpaired) electrons. The predicted molar refractivity (Wildman–Crippen MR) is 121 cm³/mol. The number of aryl methyl sites for hydroxylation is 1. The number of hydrogen-bond acceptors (Lipinski definition) is 3. The highest BCUT2D eigenvalue weighted by Crippen LogP contribution is 2.31. The average Bonchev–Trinajstić information content (AvgIpc) is 3.27. The van der Waals surface area contributed by atoms with E-state index in [1.54, 1.807) is 6.07 Å². The Balaban J connectivity index is 1.44. The highest BCUT2D eigenvalue weighted by atomic mass is 35.5. The molecule has 0 aliphatic heterocycles. The van der Waals surface area contributed by atoms with Crippen molar-refractivity contribution in [1.29, 1.82) is 0 Å². The van der Waals surface area contributed by atoms with Gasteiger partial charge in [-0.2, -0.15) is 5.10 Å². The lowest BCUT2D eigenvalue weighted by atomic mass is 9.98. The maximum atomic E-state index is 12.5. The number of aromatic nitrogens is 4. The van der Waals surface area contributed by atoms with Crippen LogP contribution >= 0.6 is 23.2 Å². The first-order valence-corrected chi connectivity index (χ1v) is 11.3. The van der Waals surface area contributed by atoms with Crippen LogP contribution in [0.2, 0.25) is 10.0 Å². The van der Waals surface area contributed by atoms with Crippen molar-refractivity contribution in [2.24, 2.45) is 0 Å². The lowest BCUT2D eigenvalue weighted by Gasteiger charge is -2.17. The second-order valence-electron chi connectivity index (χ2n) is 8.25. The Morgan fingerprint density at radius 2 is 1.93 bits per heavy atom. The molecule has 160 valence electrons. The van der Waals surface area contributed by atoms with Gasteiger partial charge >= 0.3 is 0 Å². The van der Waals surface area contributed by atoms with E-state index in [9.17, 15) is 4.79 Å². The van der Waals surface area contributed by atoms with Crippen LogP contribution in [0.1, 0.15) is 74.6 Å². The molecule has 1 amide bonds. The van der Waals surface area contributed by atoms with Crippen molar-refractivity contribution in [2.75, 3.05) is 0 Å². The van der Waals surface area contributed by atoms with Crippen LogP contribution in [0, 0.1) is 0 Å². The fourth-order valence-corrected chi connectivity index (χ4v) is 4.06. The van der Waals surface area contributed by atoms with Crippen LogP contribution in [0.4, 0.5) is 0 Å². The van der Waals surface area contributed by atoms with Crippen LogP contribution in [-0.2, 0) is 6.54 Å². The summed E-state index contributed by atoms with van der Waals surface area (Å²) in [5.41, 5.74) is 3.46. The molecular weight excluding hydrogens is 421 g/mol. The minimum Gasteiger partial charge on any atom is -0.348 e. The van der Waals surface area contributed by atoms with Gasteiger partial charge in [0.25, 0.3) is 5.91 Å². The zero-order valence-corrected chi connectivity index (χ0v) is 19.0. The largest absolute Gasteiger partial charge is 0.348 e. The van der Waals surface area contributed by atoms with Gasteiger partial charge in [-0.25, -0.2) is 4.98 Å². The number of carbonyl (C=O) groups is 1. The number of nitrogens with zero attached hydrogens (tertiary/aromatic N) is 4. The Morgan fingerprint density at radius 3 is 2.63 bits per heavy atom. The summed E-state index contributed by atoms with van der Waals surface area (Å²) >= 11 is 12.3. The highest BCUT2D eigenvalue weighted by Gasteiger charge is 2.26. The summed E-state index contributed by atoms with van der Waals surface area (Å²) < 4.78 is 3.95. The molecule has 1 fully saturated rings. The van der Waals surface area contributed by atoms with Crippen molar-refractivity contribution in [1.82, 2.24) is 24.6 Å². The maximum Gasteiger partial charge on any atom is 0.269 e. The molecule has 1 saturated carbocycles. The van der Waals surface area contributed by atoms with Gasteiger partial charge in [-0.1, -0.05) is 30.1 Å². The third-order valence-electron chi connectivity index (χ3n) is 5.86. The normalized spacial score (nSPS) is 16.0. The molecule has 1 aliphatic carbocycles. The van der Waals surface area contributed by atoms with Crippen LogP contribution in [0.3, 0.4) is 0 Å². The Hall–Kier alpha value is -2.05. The second kappa shape index (κ2) is 8.60. The zero-order chi connectivity index (χ0) is 21.4. The molecule has 1 aromatic carbocycles. The number of rotatable bonds is 8. The number of nitrogens with one attached hydrogen (secondary N) is 1. The maximum absolute atomic E-state index is 12.5. The quantitative estimate of drug-likeness (QED) is 0.488. The molecule has 1 N–H and O–H groups in total. The van der Waals surface area contributed by atoms with Crippen LogP contribution in [-0.4, -0.2) is 31.3 Å². The van der Waals surface area contributed by atoms with Crippen molar-refractivity contribution < 1.29 is 4.79 Å². The van der Waals surface area contributed by atoms with E-state index < -0.39 is 0 Å². The summed E-state index contributed by atoms with van der Waals surface area (Å²) in [7, 11) is 0. The Bertz CT molecular complexity index is 1070. The van der Waals surface area contributed by atoms with Gasteiger partial charge in [-0.15, -0.1) is 0 Å². The summed E-state index contributed by atoms with van der Waals surface area (Å²) in [6.07, 6.45) is 5.90. The van der Waals surface area contributed by atoms with Crippen molar-refractivity contribution >= 4 is 40.1 Å². The summed E-state index contributed by atoms with van der Waals surface area (Å²) in [4.78, 5) is 17.0. The number of benzene rings is 1. The number of halogens is 2. The lowest BCUT2D eigenvalue weighted by Crippen LogP contribution is -2.27. The molecular formula is C22H27Cl2N5O. The molecule has 2 unspecified atom stereocenters. The standard InChI is InChI=1S/C22H27Cl2N5O/c1-4-29-21(22(30)26-15-7-8-15)11-18(27-29)13(2)5-6-14(3)28-12-25-19-9-16(23)17(24)10-20(19)28/h9-15H,4-8H2,1-3H3,(H,26,30). The summed E-state index contributed by atoms with van der Waals surface area (Å²) in [6, 6.07) is 6.22. The minimum absolute atomic E-state index is 0.0147. The number of carbonyl (C=O) groups excluding carboxylic acids is 1. The lowest BCUT2D eigenvalue weighted by molar-refractivity contribution is 0.0940. The third kappa shape index (κ3) is 4.35. The number of amides is 1. The van der Waals surface area contributed by atoms with E-state index in [2.05, 4.69) is 28.7 Å². The van der Waals surface area contributed by atoms with E-state index in [1.165, 1.54) is 0 Å². The molecule has 4 rings (SSSR count). The van der Waals surface area contributed by atoms with E-state index in [0.717, 1.165) is 42.4 Å². The highest BCUT2D eigenvalue weighted by molar-refractivity contribution is 6.42. The van der Waals surface area contributed by atoms with Crippen LogP contribution in [0.25, 0.3) is 11.0 Å². The molecule has 2 aromatic heterocycles. The number of imidazole rings is 1. The Kier molecular flexibility index (Phi) is 6.07. The number of fused-ring (bicyclic) bond motifs is 1. The smallest absolute Gasteiger partial charge is 0.269 e. The molecule has 0 bridgehead atoms. The van der Waals surface area contributed by atoms with Crippen molar-refractivity contribution in [3.63, 3.8) is 0 Å².